The smallest absolute Gasteiger partial charge is 0.181 e. The molecular formula is C20H23FN2O. The van der Waals surface area contributed by atoms with Crippen molar-refractivity contribution in [3.63, 3.8) is 0 Å². The van der Waals surface area contributed by atoms with Crippen LogP contribution in [0.2, 0.25) is 0 Å². The van der Waals surface area contributed by atoms with Gasteiger partial charge < -0.3 is 9.73 Å². The molecule has 0 saturated heterocycles. The van der Waals surface area contributed by atoms with E-state index >= 15 is 0 Å². The third-order valence-corrected chi connectivity index (χ3v) is 4.31. The van der Waals surface area contributed by atoms with Crippen LogP contribution in [-0.4, -0.2) is 17.6 Å². The van der Waals surface area contributed by atoms with E-state index in [-0.39, 0.29) is 5.82 Å². The molecule has 24 heavy (non-hydrogen) atoms. The zero-order valence-corrected chi connectivity index (χ0v) is 14.2. The van der Waals surface area contributed by atoms with Crippen molar-refractivity contribution in [2.24, 2.45) is 0 Å². The van der Waals surface area contributed by atoms with Crippen LogP contribution < -0.4 is 5.32 Å². The van der Waals surface area contributed by atoms with Gasteiger partial charge in [-0.25, -0.2) is 9.37 Å². The van der Waals surface area contributed by atoms with Gasteiger partial charge in [-0.1, -0.05) is 18.2 Å². The van der Waals surface area contributed by atoms with Gasteiger partial charge in [0.15, 0.2) is 12.0 Å². The van der Waals surface area contributed by atoms with E-state index in [1.54, 1.807) is 13.0 Å². The van der Waals surface area contributed by atoms with Crippen molar-refractivity contribution in [1.29, 1.82) is 0 Å². The Labute approximate surface area is 141 Å². The number of halogens is 1. The number of aryl methyl sites for hydroxylation is 2. The number of nitrogens with one attached hydrogen (secondary N) is 1. The summed E-state index contributed by atoms with van der Waals surface area (Å²) in [6, 6.07) is 12.0. The number of hydrogen-bond acceptors (Lipinski definition) is 3. The first-order valence-electron chi connectivity index (χ1n) is 8.42. The molecule has 1 unspecified atom stereocenters. The molecule has 0 fully saturated rings. The molecular weight excluding hydrogens is 303 g/mol. The van der Waals surface area contributed by atoms with E-state index in [2.05, 4.69) is 29.4 Å². The van der Waals surface area contributed by atoms with Crippen LogP contribution in [0.1, 0.15) is 30.0 Å². The third-order valence-electron chi connectivity index (χ3n) is 4.31. The Balaban J connectivity index is 1.43. The minimum absolute atomic E-state index is 0.123. The molecule has 0 radical (unpaired) electrons. The Bertz CT molecular complexity index is 812. The lowest BCUT2D eigenvalue weighted by molar-refractivity contribution is 0.531. The average Bonchev–Trinajstić information content (AvgIpc) is 3.03. The average molecular weight is 326 g/mol. The molecule has 0 aliphatic carbocycles. The van der Waals surface area contributed by atoms with Gasteiger partial charge in [0.2, 0.25) is 0 Å². The van der Waals surface area contributed by atoms with E-state index in [0.29, 0.717) is 11.6 Å². The topological polar surface area (TPSA) is 38.1 Å². The summed E-state index contributed by atoms with van der Waals surface area (Å²) in [5.74, 6) is -0.123. The Hall–Kier alpha value is -2.20. The predicted octanol–water partition coefficient (Wildman–Crippen LogP) is 4.43. The number of aromatic nitrogens is 1. The molecule has 126 valence electrons. The highest BCUT2D eigenvalue weighted by molar-refractivity contribution is 5.72. The third kappa shape index (κ3) is 4.20. The first-order valence-corrected chi connectivity index (χ1v) is 8.42. The number of nitrogens with zero attached hydrogens (tertiary/aromatic N) is 1. The summed E-state index contributed by atoms with van der Waals surface area (Å²) in [5.41, 5.74) is 4.73. The second kappa shape index (κ2) is 7.58. The summed E-state index contributed by atoms with van der Waals surface area (Å²) in [6.45, 7) is 4.86. The monoisotopic (exact) mass is 326 g/mol. The fourth-order valence-electron chi connectivity index (χ4n) is 2.89. The summed E-state index contributed by atoms with van der Waals surface area (Å²) < 4.78 is 18.9. The predicted molar refractivity (Wildman–Crippen MR) is 94.6 cm³/mol. The van der Waals surface area contributed by atoms with Crippen molar-refractivity contribution in [3.05, 3.63) is 65.3 Å². The first kappa shape index (κ1) is 16.7. The quantitative estimate of drug-likeness (QED) is 0.653. The lowest BCUT2D eigenvalue weighted by Gasteiger charge is -2.14. The van der Waals surface area contributed by atoms with E-state index in [4.69, 9.17) is 4.42 Å². The van der Waals surface area contributed by atoms with Crippen LogP contribution in [0.15, 0.2) is 47.2 Å². The van der Waals surface area contributed by atoms with Crippen LogP contribution in [0.5, 0.6) is 0 Å². The second-order valence-electron chi connectivity index (χ2n) is 6.40. The Morgan fingerprint density at radius 2 is 2.00 bits per heavy atom. The molecule has 0 bridgehead atoms. The van der Waals surface area contributed by atoms with E-state index < -0.39 is 0 Å². The fraction of sp³-hybridized carbons (Fsp3) is 0.350. The molecule has 0 spiro atoms. The summed E-state index contributed by atoms with van der Waals surface area (Å²) in [5, 5.41) is 3.51. The van der Waals surface area contributed by atoms with Gasteiger partial charge in [0.05, 0.1) is 0 Å². The largest absolute Gasteiger partial charge is 0.443 e. The van der Waals surface area contributed by atoms with Gasteiger partial charge in [0.25, 0.3) is 0 Å². The Morgan fingerprint density at radius 1 is 1.17 bits per heavy atom. The van der Waals surface area contributed by atoms with Gasteiger partial charge in [-0.3, -0.25) is 0 Å². The molecule has 0 saturated carbocycles. The molecule has 4 heteroatoms. The van der Waals surface area contributed by atoms with E-state index in [1.165, 1.54) is 12.0 Å². The standard InChI is InChI=1S/C20H23FN2O/c1-14-5-6-17(11-18(14)21)10-15(2)22-9-3-4-16-7-8-19-20(12-16)24-13-23-19/h5-8,11-13,15,22H,3-4,9-10H2,1-2H3. The molecule has 0 aliphatic rings. The zero-order valence-electron chi connectivity index (χ0n) is 14.2. The number of benzene rings is 2. The van der Waals surface area contributed by atoms with Crippen molar-refractivity contribution in [1.82, 2.24) is 10.3 Å². The van der Waals surface area contributed by atoms with E-state index in [9.17, 15) is 4.39 Å². The van der Waals surface area contributed by atoms with Crippen LogP contribution in [0.25, 0.3) is 11.1 Å². The molecule has 1 aromatic heterocycles. The van der Waals surface area contributed by atoms with Crippen LogP contribution >= 0.6 is 0 Å². The maximum atomic E-state index is 13.6. The minimum atomic E-state index is -0.123. The van der Waals surface area contributed by atoms with Crippen LogP contribution in [0.4, 0.5) is 4.39 Å². The number of oxazole rings is 1. The number of rotatable bonds is 7. The maximum Gasteiger partial charge on any atom is 0.181 e. The highest BCUT2D eigenvalue weighted by atomic mass is 19.1. The van der Waals surface area contributed by atoms with Gasteiger partial charge in [0.1, 0.15) is 11.3 Å². The van der Waals surface area contributed by atoms with E-state index in [1.807, 2.05) is 18.2 Å². The normalized spacial score (nSPS) is 12.6. The molecule has 2 aromatic carbocycles. The highest BCUT2D eigenvalue weighted by Crippen LogP contribution is 2.15. The van der Waals surface area contributed by atoms with Crippen molar-refractivity contribution >= 4 is 11.1 Å². The van der Waals surface area contributed by atoms with Gasteiger partial charge in [0, 0.05) is 6.04 Å². The van der Waals surface area contributed by atoms with Crippen LogP contribution in [0, 0.1) is 12.7 Å². The first-order chi connectivity index (χ1) is 11.6. The molecule has 1 heterocycles. The summed E-state index contributed by atoms with van der Waals surface area (Å²) in [6.07, 6.45) is 4.36. The van der Waals surface area contributed by atoms with Gasteiger partial charge in [-0.15, -0.1) is 0 Å². The van der Waals surface area contributed by atoms with Crippen molar-refractivity contribution < 1.29 is 8.81 Å². The van der Waals surface area contributed by atoms with Crippen molar-refractivity contribution in [2.75, 3.05) is 6.54 Å². The van der Waals surface area contributed by atoms with Gasteiger partial charge >= 0.3 is 0 Å². The molecule has 3 rings (SSSR count). The van der Waals surface area contributed by atoms with E-state index in [0.717, 1.165) is 42.5 Å². The SMILES string of the molecule is Cc1ccc(CC(C)NCCCc2ccc3ncoc3c2)cc1F. The summed E-state index contributed by atoms with van der Waals surface area (Å²) >= 11 is 0. The highest BCUT2D eigenvalue weighted by Gasteiger charge is 2.06. The maximum absolute atomic E-state index is 13.6. The van der Waals surface area contributed by atoms with Gasteiger partial charge in [-0.05, 0) is 74.5 Å². The molecule has 1 atom stereocenters. The molecule has 1 N–H and O–H groups in total. The van der Waals surface area contributed by atoms with Crippen molar-refractivity contribution in [3.8, 4) is 0 Å². The van der Waals surface area contributed by atoms with Gasteiger partial charge in [-0.2, -0.15) is 0 Å². The molecule has 3 nitrogen and oxygen atoms in total. The summed E-state index contributed by atoms with van der Waals surface area (Å²) in [4.78, 5) is 4.13. The molecule has 3 aromatic rings. The Morgan fingerprint density at radius 3 is 2.83 bits per heavy atom. The second-order valence-corrected chi connectivity index (χ2v) is 6.40. The molecule has 0 aliphatic heterocycles. The minimum Gasteiger partial charge on any atom is -0.443 e. The van der Waals surface area contributed by atoms with Crippen molar-refractivity contribution in [2.45, 2.75) is 39.2 Å². The Kier molecular flexibility index (Phi) is 5.26. The number of hydrogen-bond donors (Lipinski definition) is 1. The summed E-state index contributed by atoms with van der Waals surface area (Å²) in [7, 11) is 0. The fourth-order valence-corrected chi connectivity index (χ4v) is 2.89. The van der Waals surface area contributed by atoms with Crippen LogP contribution in [-0.2, 0) is 12.8 Å². The van der Waals surface area contributed by atoms with Crippen LogP contribution in [0.3, 0.4) is 0 Å². The lowest BCUT2D eigenvalue weighted by Crippen LogP contribution is -2.29. The zero-order chi connectivity index (χ0) is 16.9. The number of fused-ring (bicyclic) bond motifs is 1. The lowest BCUT2D eigenvalue weighted by atomic mass is 10.0. The molecule has 0 amide bonds.